The Morgan fingerprint density at radius 3 is 2.26 bits per heavy atom. The molecule has 2 bridgehead atoms. The van der Waals surface area contributed by atoms with Crippen molar-refractivity contribution in [3.63, 3.8) is 0 Å². The van der Waals surface area contributed by atoms with Gasteiger partial charge < -0.3 is 30.1 Å². The summed E-state index contributed by atoms with van der Waals surface area (Å²) in [4.78, 5) is 43.9. The van der Waals surface area contributed by atoms with Crippen LogP contribution < -0.4 is 15.4 Å². The zero-order valence-electron chi connectivity index (χ0n) is 24.2. The van der Waals surface area contributed by atoms with Gasteiger partial charge in [0, 0.05) is 29.5 Å². The number of rotatable bonds is 13. The highest BCUT2D eigenvalue weighted by molar-refractivity contribution is 6.30. The van der Waals surface area contributed by atoms with Crippen molar-refractivity contribution in [2.24, 2.45) is 11.8 Å². The standard InChI is InChI=1S/C32H40ClN3O6/c1-3-31-17-18-32(42-31)26(25(31)28(38)34-23-13-15-24(16-14-23)41-4-2)30(40)36(19-7-5-6-8-20-37)27(32)29(39)35-22-11-9-21(33)10-12-22/h9-16,25-27,37H,3-8,17-20H2,1-2H3,(H,34,38)(H,35,39)/t25-,26-,27?,31+,32?/m0/s1. The number of amides is 3. The minimum absolute atomic E-state index is 0.123. The van der Waals surface area contributed by atoms with Crippen LogP contribution in [0.15, 0.2) is 48.5 Å². The quantitative estimate of drug-likeness (QED) is 0.279. The molecule has 2 unspecified atom stereocenters. The number of hydrogen-bond donors (Lipinski definition) is 3. The molecule has 3 heterocycles. The fourth-order valence-corrected chi connectivity index (χ4v) is 7.30. The lowest BCUT2D eigenvalue weighted by Crippen LogP contribution is -2.53. The fourth-order valence-electron chi connectivity index (χ4n) is 7.17. The second kappa shape index (κ2) is 12.6. The first-order valence-electron chi connectivity index (χ1n) is 15.0. The van der Waals surface area contributed by atoms with Gasteiger partial charge in [0.25, 0.3) is 0 Å². The number of nitrogens with zero attached hydrogens (tertiary/aromatic N) is 1. The smallest absolute Gasteiger partial charge is 0.250 e. The molecule has 5 atom stereocenters. The molecule has 0 aliphatic carbocycles. The number of aliphatic hydroxyl groups is 1. The van der Waals surface area contributed by atoms with Crippen molar-refractivity contribution in [2.75, 3.05) is 30.4 Å². The average molecular weight is 598 g/mol. The largest absolute Gasteiger partial charge is 0.494 e. The maximum Gasteiger partial charge on any atom is 0.250 e. The third kappa shape index (κ3) is 5.50. The van der Waals surface area contributed by atoms with Crippen LogP contribution in [-0.2, 0) is 19.1 Å². The van der Waals surface area contributed by atoms with E-state index in [-0.39, 0.29) is 24.3 Å². The van der Waals surface area contributed by atoms with Gasteiger partial charge >= 0.3 is 0 Å². The van der Waals surface area contributed by atoms with Gasteiger partial charge in [0.15, 0.2) is 0 Å². The van der Waals surface area contributed by atoms with E-state index in [1.54, 1.807) is 53.4 Å². The number of halogens is 1. The Labute approximate surface area is 251 Å². The number of fused-ring (bicyclic) bond motifs is 1. The lowest BCUT2D eigenvalue weighted by atomic mass is 9.65. The Bertz CT molecular complexity index is 1290. The summed E-state index contributed by atoms with van der Waals surface area (Å²) >= 11 is 6.05. The summed E-state index contributed by atoms with van der Waals surface area (Å²) in [6.07, 6.45) is 4.67. The van der Waals surface area contributed by atoms with Crippen LogP contribution in [0.25, 0.3) is 0 Å². The predicted octanol–water partition coefficient (Wildman–Crippen LogP) is 5.02. The van der Waals surface area contributed by atoms with Crippen LogP contribution in [-0.4, -0.2) is 64.7 Å². The monoisotopic (exact) mass is 597 g/mol. The van der Waals surface area contributed by atoms with Gasteiger partial charge in [0.1, 0.15) is 17.4 Å². The number of anilines is 2. The van der Waals surface area contributed by atoms with Gasteiger partial charge in [-0.15, -0.1) is 0 Å². The first kappa shape index (κ1) is 30.3. The van der Waals surface area contributed by atoms with E-state index < -0.39 is 29.1 Å². The van der Waals surface area contributed by atoms with E-state index in [0.717, 1.165) is 12.8 Å². The van der Waals surface area contributed by atoms with E-state index in [2.05, 4.69) is 10.6 Å². The van der Waals surface area contributed by atoms with Crippen molar-refractivity contribution in [3.05, 3.63) is 53.6 Å². The number of carbonyl (C=O) groups excluding carboxylic acids is 3. The minimum Gasteiger partial charge on any atom is -0.494 e. The number of likely N-dealkylation sites (tertiary alicyclic amines) is 1. The van der Waals surface area contributed by atoms with Crippen LogP contribution in [0.5, 0.6) is 5.75 Å². The van der Waals surface area contributed by atoms with Crippen molar-refractivity contribution >= 4 is 40.7 Å². The Hall–Kier alpha value is -3.14. The van der Waals surface area contributed by atoms with Crippen molar-refractivity contribution < 1.29 is 29.0 Å². The molecule has 1 spiro atoms. The number of carbonyl (C=O) groups is 3. The number of hydrogen-bond acceptors (Lipinski definition) is 6. The molecule has 3 aliphatic heterocycles. The summed E-state index contributed by atoms with van der Waals surface area (Å²) in [7, 11) is 0. The molecule has 42 heavy (non-hydrogen) atoms. The summed E-state index contributed by atoms with van der Waals surface area (Å²) in [5.41, 5.74) is -0.756. The van der Waals surface area contributed by atoms with E-state index in [4.69, 9.17) is 26.2 Å². The Balaban J connectivity index is 1.44. The van der Waals surface area contributed by atoms with E-state index in [1.165, 1.54) is 0 Å². The molecule has 10 heteroatoms. The first-order chi connectivity index (χ1) is 20.3. The van der Waals surface area contributed by atoms with E-state index in [9.17, 15) is 14.4 Å². The molecule has 3 saturated heterocycles. The highest BCUT2D eigenvalue weighted by Crippen LogP contribution is 2.64. The molecular weight excluding hydrogens is 558 g/mol. The lowest BCUT2D eigenvalue weighted by Gasteiger charge is -2.34. The molecule has 3 aliphatic rings. The van der Waals surface area contributed by atoms with Crippen LogP contribution >= 0.6 is 11.6 Å². The van der Waals surface area contributed by atoms with Gasteiger partial charge in [-0.1, -0.05) is 31.4 Å². The van der Waals surface area contributed by atoms with Gasteiger partial charge in [-0.3, -0.25) is 14.4 Å². The molecule has 9 nitrogen and oxygen atoms in total. The maximum absolute atomic E-state index is 14.3. The third-order valence-corrected chi connectivity index (χ3v) is 9.32. The van der Waals surface area contributed by atoms with Gasteiger partial charge in [-0.2, -0.15) is 0 Å². The molecule has 3 N–H and O–H groups in total. The van der Waals surface area contributed by atoms with Crippen LogP contribution in [0.3, 0.4) is 0 Å². The first-order valence-corrected chi connectivity index (χ1v) is 15.4. The van der Waals surface area contributed by atoms with Gasteiger partial charge in [0.2, 0.25) is 17.7 Å². The number of unbranched alkanes of at least 4 members (excludes halogenated alkanes) is 3. The number of aliphatic hydroxyl groups excluding tert-OH is 1. The van der Waals surface area contributed by atoms with Crippen molar-refractivity contribution in [1.82, 2.24) is 4.90 Å². The molecule has 226 valence electrons. The Morgan fingerprint density at radius 2 is 1.62 bits per heavy atom. The van der Waals surface area contributed by atoms with Gasteiger partial charge in [-0.05, 0) is 87.6 Å². The second-order valence-corrected chi connectivity index (χ2v) is 11.9. The third-order valence-electron chi connectivity index (χ3n) is 9.06. The summed E-state index contributed by atoms with van der Waals surface area (Å²) in [6.45, 7) is 4.92. The van der Waals surface area contributed by atoms with E-state index >= 15 is 0 Å². The van der Waals surface area contributed by atoms with E-state index in [1.807, 2.05) is 13.8 Å². The topological polar surface area (TPSA) is 117 Å². The molecule has 0 aromatic heterocycles. The van der Waals surface area contributed by atoms with Crippen LogP contribution in [0.4, 0.5) is 11.4 Å². The lowest BCUT2D eigenvalue weighted by molar-refractivity contribution is -0.144. The maximum atomic E-state index is 14.3. The van der Waals surface area contributed by atoms with E-state index in [0.29, 0.717) is 67.4 Å². The molecule has 3 fully saturated rings. The van der Waals surface area contributed by atoms with Crippen LogP contribution in [0.2, 0.25) is 5.02 Å². The SMILES string of the molecule is CCOc1ccc(NC(=O)[C@@H]2[C@H]3C(=O)N(CCCCCCO)C(C(=O)Nc4ccc(Cl)cc4)C34CC[C@@]2(CC)O4)cc1. The number of ether oxygens (including phenoxy) is 2. The van der Waals surface area contributed by atoms with Crippen LogP contribution in [0.1, 0.15) is 58.8 Å². The number of nitrogens with one attached hydrogen (secondary N) is 2. The zero-order valence-corrected chi connectivity index (χ0v) is 25.0. The molecule has 2 aromatic carbocycles. The van der Waals surface area contributed by atoms with Gasteiger partial charge in [-0.25, -0.2) is 0 Å². The fraction of sp³-hybridized carbons (Fsp3) is 0.531. The number of benzene rings is 2. The summed E-state index contributed by atoms with van der Waals surface area (Å²) in [6, 6.07) is 13.1. The molecule has 2 aromatic rings. The highest BCUT2D eigenvalue weighted by atomic mass is 35.5. The summed E-state index contributed by atoms with van der Waals surface area (Å²) in [5.74, 6) is -1.62. The zero-order chi connectivity index (χ0) is 29.9. The normalized spacial score (nSPS) is 27.7. The molecular formula is C32H40ClN3O6. The predicted molar refractivity (Wildman–Crippen MR) is 160 cm³/mol. The highest BCUT2D eigenvalue weighted by Gasteiger charge is 2.78. The molecule has 5 rings (SSSR count). The molecule has 3 amide bonds. The van der Waals surface area contributed by atoms with Crippen LogP contribution in [0, 0.1) is 11.8 Å². The second-order valence-electron chi connectivity index (χ2n) is 11.4. The van der Waals surface area contributed by atoms with Crippen molar-refractivity contribution in [3.8, 4) is 5.75 Å². The van der Waals surface area contributed by atoms with Gasteiger partial charge in [0.05, 0.1) is 24.0 Å². The average Bonchev–Trinajstić information content (AvgIpc) is 3.59. The minimum atomic E-state index is -1.10. The summed E-state index contributed by atoms with van der Waals surface area (Å²) in [5, 5.41) is 15.7. The van der Waals surface area contributed by atoms with Crippen molar-refractivity contribution in [2.45, 2.75) is 76.0 Å². The van der Waals surface area contributed by atoms with Crippen molar-refractivity contribution in [1.29, 1.82) is 0 Å². The molecule has 0 radical (unpaired) electrons. The molecule has 0 saturated carbocycles. The Morgan fingerprint density at radius 1 is 0.976 bits per heavy atom. The Kier molecular flexibility index (Phi) is 9.11. The summed E-state index contributed by atoms with van der Waals surface area (Å²) < 4.78 is 12.3.